The second-order valence-electron chi connectivity index (χ2n) is 15.3. The number of rotatable bonds is 3. The molecule has 0 saturated heterocycles. The first-order valence-corrected chi connectivity index (χ1v) is 19.2. The summed E-state index contributed by atoms with van der Waals surface area (Å²) in [4.78, 5) is 0. The van der Waals surface area contributed by atoms with E-state index in [9.17, 15) is 0 Å². The van der Waals surface area contributed by atoms with Crippen molar-refractivity contribution in [1.29, 1.82) is 0 Å². The highest BCUT2D eigenvalue weighted by atomic mass is 15.0. The van der Waals surface area contributed by atoms with Crippen molar-refractivity contribution in [3.8, 4) is 44.8 Å². The Morgan fingerprint density at radius 1 is 0.426 bits per heavy atom. The number of hydrogen-bond donors (Lipinski definition) is 0. The van der Waals surface area contributed by atoms with E-state index in [1.165, 1.54) is 111 Å². The summed E-state index contributed by atoms with van der Waals surface area (Å²) in [6, 6.07) is 63.5. The van der Waals surface area contributed by atoms with Crippen molar-refractivity contribution in [1.82, 2.24) is 9.13 Å². The molecule has 10 aromatic rings. The van der Waals surface area contributed by atoms with E-state index in [0.29, 0.717) is 5.92 Å². The van der Waals surface area contributed by atoms with Gasteiger partial charge in [0.1, 0.15) is 0 Å². The third-order valence-corrected chi connectivity index (χ3v) is 12.4. The molecule has 2 aromatic heterocycles. The van der Waals surface area contributed by atoms with Gasteiger partial charge in [0.2, 0.25) is 0 Å². The van der Waals surface area contributed by atoms with Gasteiger partial charge in [-0.2, -0.15) is 0 Å². The van der Waals surface area contributed by atoms with Gasteiger partial charge in [0.15, 0.2) is 0 Å². The van der Waals surface area contributed by atoms with Gasteiger partial charge in [0.05, 0.1) is 22.1 Å². The molecule has 8 aromatic carbocycles. The molecule has 2 heteroatoms. The van der Waals surface area contributed by atoms with Gasteiger partial charge in [-0.25, -0.2) is 0 Å². The van der Waals surface area contributed by atoms with Crippen LogP contribution in [0.2, 0.25) is 0 Å². The lowest BCUT2D eigenvalue weighted by Crippen LogP contribution is -2.10. The highest BCUT2D eigenvalue weighted by Gasteiger charge is 2.27. The van der Waals surface area contributed by atoms with E-state index in [1.807, 2.05) is 0 Å². The molecule has 2 heterocycles. The predicted octanol–water partition coefficient (Wildman–Crippen LogP) is 13.4. The van der Waals surface area contributed by atoms with Gasteiger partial charge < -0.3 is 9.13 Å². The van der Waals surface area contributed by atoms with Crippen molar-refractivity contribution in [2.24, 2.45) is 0 Å². The quantitative estimate of drug-likeness (QED) is 0.175. The molecule has 1 atom stereocenters. The van der Waals surface area contributed by atoms with Gasteiger partial charge in [0, 0.05) is 32.9 Å². The first-order valence-electron chi connectivity index (χ1n) is 19.2. The molecular formula is C52H36N2. The zero-order valence-corrected chi connectivity index (χ0v) is 30.1. The summed E-state index contributed by atoms with van der Waals surface area (Å²) >= 11 is 0. The highest BCUT2D eigenvalue weighted by Crippen LogP contribution is 2.47. The molecule has 0 bridgehead atoms. The summed E-state index contributed by atoms with van der Waals surface area (Å²) < 4.78 is 5.00. The van der Waals surface area contributed by atoms with Crippen molar-refractivity contribution < 1.29 is 0 Å². The molecule has 1 unspecified atom stereocenters. The minimum atomic E-state index is 0.400. The average molecular weight is 689 g/mol. The van der Waals surface area contributed by atoms with Crippen molar-refractivity contribution in [2.75, 3.05) is 0 Å². The largest absolute Gasteiger partial charge is 0.307 e. The first kappa shape index (κ1) is 29.9. The summed E-state index contributed by atoms with van der Waals surface area (Å²) in [6.07, 6.45) is 2.02. The molecule has 0 amide bonds. The van der Waals surface area contributed by atoms with Crippen molar-refractivity contribution in [3.05, 3.63) is 192 Å². The Labute approximate surface area is 314 Å². The Morgan fingerprint density at radius 3 is 1.83 bits per heavy atom. The lowest BCUT2D eigenvalue weighted by molar-refractivity contribution is 0.749. The molecule has 54 heavy (non-hydrogen) atoms. The first-order chi connectivity index (χ1) is 26.7. The van der Waals surface area contributed by atoms with Crippen LogP contribution < -0.4 is 0 Å². The Kier molecular flexibility index (Phi) is 6.19. The molecule has 0 aliphatic heterocycles. The molecule has 254 valence electrons. The SMILES string of the molecule is CC1Cc2cc(-n3c4ccccc4c4ccc5c6ccccc6n(-c6ccccc6)c5c43)ccc2-c2ccc(-c3cccc4c3-c3ccccc3C4)cc21. The summed E-state index contributed by atoms with van der Waals surface area (Å²) in [5, 5.41) is 5.10. The topological polar surface area (TPSA) is 9.86 Å². The summed E-state index contributed by atoms with van der Waals surface area (Å²) in [7, 11) is 0. The number of benzene rings is 8. The van der Waals surface area contributed by atoms with E-state index in [0.717, 1.165) is 12.8 Å². The van der Waals surface area contributed by atoms with E-state index in [4.69, 9.17) is 0 Å². The maximum Gasteiger partial charge on any atom is 0.0788 e. The third kappa shape index (κ3) is 4.11. The van der Waals surface area contributed by atoms with Crippen LogP contribution in [0.15, 0.2) is 170 Å². The molecule has 0 N–H and O–H groups in total. The molecule has 0 fully saturated rings. The standard InChI is InChI=1S/C52H36N2/c1-32-28-36-30-38(23-25-39(36)42-24-22-34(31-47(32)42)41-19-11-13-35-29-33-12-5-6-16-40(33)50(35)41)54-49-21-10-8-18-44(49)46-27-26-45-43-17-7-9-20-48(43)53(51(45)52(46)54)37-14-3-2-4-15-37/h2-27,30-32H,28-29H2,1H3. The normalized spacial score (nSPS) is 14.4. The number of para-hydroxylation sites is 3. The number of fused-ring (bicyclic) bond motifs is 13. The summed E-state index contributed by atoms with van der Waals surface area (Å²) in [5.74, 6) is 0.400. The summed E-state index contributed by atoms with van der Waals surface area (Å²) in [5.41, 5.74) is 21.2. The fourth-order valence-corrected chi connectivity index (χ4v) is 10.0. The fraction of sp³-hybridized carbons (Fsp3) is 0.0769. The van der Waals surface area contributed by atoms with Crippen LogP contribution in [0, 0.1) is 0 Å². The van der Waals surface area contributed by atoms with Crippen LogP contribution in [0.5, 0.6) is 0 Å². The molecule has 0 spiro atoms. The van der Waals surface area contributed by atoms with Crippen molar-refractivity contribution >= 4 is 43.6 Å². The highest BCUT2D eigenvalue weighted by molar-refractivity contribution is 6.23. The van der Waals surface area contributed by atoms with Crippen molar-refractivity contribution in [2.45, 2.75) is 25.7 Å². The van der Waals surface area contributed by atoms with E-state index < -0.39 is 0 Å². The average Bonchev–Trinajstić information content (AvgIpc) is 3.89. The van der Waals surface area contributed by atoms with Crippen LogP contribution in [0.3, 0.4) is 0 Å². The minimum Gasteiger partial charge on any atom is -0.307 e. The number of nitrogens with zero attached hydrogens (tertiary/aromatic N) is 2. The zero-order valence-electron chi connectivity index (χ0n) is 30.1. The van der Waals surface area contributed by atoms with Gasteiger partial charge in [-0.1, -0.05) is 140 Å². The van der Waals surface area contributed by atoms with Crippen LogP contribution in [0.1, 0.15) is 35.1 Å². The summed E-state index contributed by atoms with van der Waals surface area (Å²) in [6.45, 7) is 2.41. The number of aromatic nitrogens is 2. The smallest absolute Gasteiger partial charge is 0.0788 e. The van der Waals surface area contributed by atoms with Gasteiger partial charge in [0.25, 0.3) is 0 Å². The minimum absolute atomic E-state index is 0.400. The van der Waals surface area contributed by atoms with Gasteiger partial charge >= 0.3 is 0 Å². The number of hydrogen-bond acceptors (Lipinski definition) is 0. The van der Waals surface area contributed by atoms with Crippen LogP contribution in [-0.2, 0) is 12.8 Å². The molecule has 0 radical (unpaired) electrons. The van der Waals surface area contributed by atoms with Crippen LogP contribution in [-0.4, -0.2) is 9.13 Å². The lowest BCUT2D eigenvalue weighted by atomic mass is 9.78. The Hall–Kier alpha value is -6.64. The Bertz CT molecular complexity index is 3170. The molecule has 2 aliphatic carbocycles. The van der Waals surface area contributed by atoms with Crippen LogP contribution in [0.4, 0.5) is 0 Å². The maximum absolute atomic E-state index is 2.53. The van der Waals surface area contributed by atoms with E-state index >= 15 is 0 Å². The molecule has 2 aliphatic rings. The Balaban J connectivity index is 1.06. The third-order valence-electron chi connectivity index (χ3n) is 12.4. The molecule has 2 nitrogen and oxygen atoms in total. The van der Waals surface area contributed by atoms with Crippen LogP contribution in [0.25, 0.3) is 88.4 Å². The second-order valence-corrected chi connectivity index (χ2v) is 15.3. The predicted molar refractivity (Wildman–Crippen MR) is 226 cm³/mol. The van der Waals surface area contributed by atoms with E-state index in [2.05, 4.69) is 186 Å². The molecular weight excluding hydrogens is 653 g/mol. The molecule has 0 saturated carbocycles. The van der Waals surface area contributed by atoms with Gasteiger partial charge in [-0.05, 0) is 111 Å². The van der Waals surface area contributed by atoms with E-state index in [1.54, 1.807) is 0 Å². The Morgan fingerprint density at radius 2 is 1.06 bits per heavy atom. The maximum atomic E-state index is 2.53. The van der Waals surface area contributed by atoms with Gasteiger partial charge in [-0.15, -0.1) is 0 Å². The second kappa shape index (κ2) is 11.2. The van der Waals surface area contributed by atoms with Gasteiger partial charge in [-0.3, -0.25) is 0 Å². The lowest BCUT2D eigenvalue weighted by Gasteiger charge is -2.27. The van der Waals surface area contributed by atoms with Crippen LogP contribution >= 0.6 is 0 Å². The van der Waals surface area contributed by atoms with Crippen molar-refractivity contribution in [3.63, 3.8) is 0 Å². The molecule has 12 rings (SSSR count). The fourth-order valence-electron chi connectivity index (χ4n) is 10.0. The monoisotopic (exact) mass is 688 g/mol. The zero-order chi connectivity index (χ0) is 35.5. The van der Waals surface area contributed by atoms with E-state index in [-0.39, 0.29) is 0 Å².